The molecule has 0 radical (unpaired) electrons. The Morgan fingerprint density at radius 1 is 1.24 bits per heavy atom. The fraction of sp³-hybridized carbons (Fsp3) is 0.286. The highest BCUT2D eigenvalue weighted by molar-refractivity contribution is 6.13. The highest BCUT2D eigenvalue weighted by Crippen LogP contribution is 2.35. The normalized spacial score (nSPS) is 16.6. The number of fused-ring (bicyclic) bond motifs is 3. The second-order valence-corrected chi connectivity index (χ2v) is 7.11. The number of nitrogens with one attached hydrogen (secondary N) is 1. The average molecular weight is 333 g/mol. The quantitative estimate of drug-likeness (QED) is 0.693. The summed E-state index contributed by atoms with van der Waals surface area (Å²) in [7, 11) is 2.08. The Morgan fingerprint density at radius 2 is 2.04 bits per heavy atom. The third-order valence-electron chi connectivity index (χ3n) is 5.27. The number of nitrogens with zero attached hydrogens (tertiary/aromatic N) is 1. The molecule has 4 heteroatoms. The van der Waals surface area contributed by atoms with E-state index in [0.29, 0.717) is 17.2 Å². The fourth-order valence-electron chi connectivity index (χ4n) is 4.02. The van der Waals surface area contributed by atoms with Gasteiger partial charge in [-0.15, -0.1) is 0 Å². The monoisotopic (exact) mass is 333 g/mol. The number of anilines is 2. The molecule has 1 aliphatic rings. The minimum absolute atomic E-state index is 0.0952. The number of hydrogen-bond donors (Lipinski definition) is 2. The number of rotatable bonds is 2. The van der Waals surface area contributed by atoms with Gasteiger partial charge < -0.3 is 15.6 Å². The van der Waals surface area contributed by atoms with Gasteiger partial charge >= 0.3 is 0 Å². The first-order valence-corrected chi connectivity index (χ1v) is 8.80. The summed E-state index contributed by atoms with van der Waals surface area (Å²) in [5.74, 6) is 0.602. The van der Waals surface area contributed by atoms with Gasteiger partial charge in [0.15, 0.2) is 0 Å². The Balaban J connectivity index is 1.79. The molecular formula is C21H23N3O. The van der Waals surface area contributed by atoms with Crippen LogP contribution in [0.3, 0.4) is 0 Å². The van der Waals surface area contributed by atoms with Crippen LogP contribution in [0, 0.1) is 5.92 Å². The van der Waals surface area contributed by atoms with Crippen LogP contribution in [0.1, 0.15) is 35.0 Å². The maximum absolute atomic E-state index is 12.9. The van der Waals surface area contributed by atoms with Gasteiger partial charge in [-0.1, -0.05) is 25.1 Å². The van der Waals surface area contributed by atoms with E-state index >= 15 is 0 Å². The molecule has 0 aliphatic heterocycles. The van der Waals surface area contributed by atoms with Crippen molar-refractivity contribution in [3.05, 3.63) is 59.3 Å². The van der Waals surface area contributed by atoms with Gasteiger partial charge in [0.25, 0.3) is 5.91 Å². The van der Waals surface area contributed by atoms with E-state index in [-0.39, 0.29) is 5.91 Å². The topological polar surface area (TPSA) is 60.1 Å². The summed E-state index contributed by atoms with van der Waals surface area (Å²) >= 11 is 0. The predicted molar refractivity (Wildman–Crippen MR) is 103 cm³/mol. The molecule has 3 N–H and O–H groups in total. The van der Waals surface area contributed by atoms with Crippen molar-refractivity contribution in [1.82, 2.24) is 4.57 Å². The second kappa shape index (κ2) is 5.96. The van der Waals surface area contributed by atoms with Crippen LogP contribution >= 0.6 is 0 Å². The average Bonchev–Trinajstić information content (AvgIpc) is 2.87. The molecule has 2 aromatic carbocycles. The summed E-state index contributed by atoms with van der Waals surface area (Å²) in [5, 5.41) is 4.19. The largest absolute Gasteiger partial charge is 0.399 e. The van der Waals surface area contributed by atoms with Crippen molar-refractivity contribution < 1.29 is 4.79 Å². The molecule has 1 amide bonds. The van der Waals surface area contributed by atoms with Crippen LogP contribution in [0.2, 0.25) is 0 Å². The van der Waals surface area contributed by atoms with Gasteiger partial charge in [-0.2, -0.15) is 0 Å². The van der Waals surface area contributed by atoms with E-state index in [1.807, 2.05) is 30.3 Å². The number of carbonyl (C=O) groups excluding carboxylic acids is 1. The zero-order valence-electron chi connectivity index (χ0n) is 14.7. The minimum atomic E-state index is -0.0952. The third kappa shape index (κ3) is 2.68. The van der Waals surface area contributed by atoms with E-state index in [0.717, 1.165) is 24.0 Å². The molecule has 1 unspecified atom stereocenters. The van der Waals surface area contributed by atoms with Crippen molar-refractivity contribution in [2.24, 2.45) is 13.0 Å². The molecule has 4 rings (SSSR count). The van der Waals surface area contributed by atoms with Crippen LogP contribution in [0.5, 0.6) is 0 Å². The van der Waals surface area contributed by atoms with Gasteiger partial charge in [-0.25, -0.2) is 0 Å². The Morgan fingerprint density at radius 3 is 2.84 bits per heavy atom. The van der Waals surface area contributed by atoms with Crippen LogP contribution in [-0.4, -0.2) is 10.5 Å². The number of para-hydroxylation sites is 1. The first-order chi connectivity index (χ1) is 12.0. The van der Waals surface area contributed by atoms with Crippen LogP contribution in [0.25, 0.3) is 10.9 Å². The van der Waals surface area contributed by atoms with E-state index in [1.54, 1.807) is 6.07 Å². The predicted octanol–water partition coefficient (Wildman–Crippen LogP) is 4.14. The summed E-state index contributed by atoms with van der Waals surface area (Å²) in [6.45, 7) is 2.30. The second-order valence-electron chi connectivity index (χ2n) is 7.11. The third-order valence-corrected chi connectivity index (χ3v) is 5.27. The Bertz CT molecular complexity index is 971. The summed E-state index contributed by atoms with van der Waals surface area (Å²) < 4.78 is 2.21. The molecule has 1 aliphatic carbocycles. The van der Waals surface area contributed by atoms with E-state index in [4.69, 9.17) is 5.73 Å². The number of aromatic nitrogens is 1. The molecule has 1 heterocycles. The van der Waals surface area contributed by atoms with Crippen molar-refractivity contribution in [3.8, 4) is 0 Å². The van der Waals surface area contributed by atoms with Crippen molar-refractivity contribution >= 4 is 28.2 Å². The zero-order chi connectivity index (χ0) is 17.6. The lowest BCUT2D eigenvalue weighted by molar-refractivity contribution is 0.102. The van der Waals surface area contributed by atoms with Gasteiger partial charge in [0, 0.05) is 29.5 Å². The molecule has 0 bridgehead atoms. The summed E-state index contributed by atoms with van der Waals surface area (Å²) in [6.07, 6.45) is 3.38. The van der Waals surface area contributed by atoms with Crippen LogP contribution in [0.15, 0.2) is 42.5 Å². The lowest BCUT2D eigenvalue weighted by atomic mass is 9.87. The summed E-state index contributed by atoms with van der Waals surface area (Å²) in [5.41, 5.74) is 11.7. The first-order valence-electron chi connectivity index (χ1n) is 8.80. The van der Waals surface area contributed by atoms with Crippen molar-refractivity contribution in [2.75, 3.05) is 11.1 Å². The minimum Gasteiger partial charge on any atom is -0.399 e. The molecule has 3 aromatic rings. The lowest BCUT2D eigenvalue weighted by Crippen LogP contribution is -2.14. The van der Waals surface area contributed by atoms with E-state index in [2.05, 4.69) is 29.9 Å². The van der Waals surface area contributed by atoms with Crippen LogP contribution < -0.4 is 11.1 Å². The Hall–Kier alpha value is -2.75. The number of benzene rings is 2. The fourth-order valence-corrected chi connectivity index (χ4v) is 4.02. The molecular weight excluding hydrogens is 310 g/mol. The highest BCUT2D eigenvalue weighted by Gasteiger charge is 2.24. The maximum Gasteiger partial charge on any atom is 0.257 e. The molecule has 25 heavy (non-hydrogen) atoms. The number of nitrogen functional groups attached to an aromatic ring is 1. The van der Waals surface area contributed by atoms with Crippen LogP contribution in [0.4, 0.5) is 11.4 Å². The van der Waals surface area contributed by atoms with Gasteiger partial charge in [-0.3, -0.25) is 4.79 Å². The number of amides is 1. The Kier molecular flexibility index (Phi) is 3.75. The van der Waals surface area contributed by atoms with Gasteiger partial charge in [0.05, 0.1) is 11.1 Å². The first kappa shape index (κ1) is 15.8. The molecule has 0 spiro atoms. The highest BCUT2D eigenvalue weighted by atomic mass is 16.1. The summed E-state index contributed by atoms with van der Waals surface area (Å²) in [4.78, 5) is 12.9. The maximum atomic E-state index is 12.9. The van der Waals surface area contributed by atoms with E-state index in [9.17, 15) is 4.79 Å². The van der Waals surface area contributed by atoms with Crippen molar-refractivity contribution in [1.29, 1.82) is 0 Å². The standard InChI is InChI=1S/C21H23N3O/c1-13-9-10-19-18(11-13)16-7-4-8-17(20(16)24(19)2)21(25)23-15-6-3-5-14(22)12-15/h3-8,12-13H,9-11,22H2,1-2H3,(H,23,25). The van der Waals surface area contributed by atoms with Crippen molar-refractivity contribution in [2.45, 2.75) is 26.2 Å². The molecule has 0 saturated carbocycles. The molecule has 1 aromatic heterocycles. The van der Waals surface area contributed by atoms with E-state index < -0.39 is 0 Å². The van der Waals surface area contributed by atoms with E-state index in [1.165, 1.54) is 23.1 Å². The number of aryl methyl sites for hydroxylation is 1. The SMILES string of the molecule is CC1CCc2c(c3cccc(C(=O)Nc4cccc(N)c4)c3n2C)C1. The van der Waals surface area contributed by atoms with Crippen LogP contribution in [-0.2, 0) is 19.9 Å². The lowest BCUT2D eigenvalue weighted by Gasteiger charge is -2.19. The Labute approximate surface area is 147 Å². The molecule has 0 saturated heterocycles. The zero-order valence-corrected chi connectivity index (χ0v) is 14.7. The number of carbonyl (C=O) groups is 1. The number of hydrogen-bond acceptors (Lipinski definition) is 2. The van der Waals surface area contributed by atoms with Gasteiger partial charge in [0.1, 0.15) is 0 Å². The molecule has 4 nitrogen and oxygen atoms in total. The molecule has 1 atom stereocenters. The molecule has 0 fully saturated rings. The van der Waals surface area contributed by atoms with Crippen molar-refractivity contribution in [3.63, 3.8) is 0 Å². The number of nitrogens with two attached hydrogens (primary N) is 1. The summed E-state index contributed by atoms with van der Waals surface area (Å²) in [6, 6.07) is 13.3. The smallest absolute Gasteiger partial charge is 0.257 e. The van der Waals surface area contributed by atoms with Gasteiger partial charge in [0.2, 0.25) is 0 Å². The molecule has 128 valence electrons. The van der Waals surface area contributed by atoms with Gasteiger partial charge in [-0.05, 0) is 55.0 Å².